The molecule has 49 heavy (non-hydrogen) atoms. The van der Waals surface area contributed by atoms with Crippen LogP contribution in [0.25, 0.3) is 55.7 Å². The molecule has 0 bridgehead atoms. The molecular weight excluding hydrogens is 597 g/mol. The van der Waals surface area contributed by atoms with Gasteiger partial charge >= 0.3 is 0 Å². The lowest BCUT2D eigenvalue weighted by Crippen LogP contribution is -2.20. The molecule has 0 amide bonds. The van der Waals surface area contributed by atoms with Crippen LogP contribution in [0.3, 0.4) is 0 Å². The first kappa shape index (κ1) is 29.8. The molecule has 232 valence electrons. The van der Waals surface area contributed by atoms with Gasteiger partial charge < -0.3 is 9.13 Å². The Morgan fingerprint density at radius 1 is 0.673 bits per heavy atom. The van der Waals surface area contributed by atoms with Gasteiger partial charge in [-0.25, -0.2) is 0 Å². The summed E-state index contributed by atoms with van der Waals surface area (Å²) >= 11 is 0. The third kappa shape index (κ3) is 4.74. The molecule has 0 saturated carbocycles. The lowest BCUT2D eigenvalue weighted by atomic mass is 9.72. The molecule has 5 aromatic carbocycles. The maximum atomic E-state index is 10.7. The smallest absolute Gasteiger partial charge is 0.0961 e. The highest BCUT2D eigenvalue weighted by Crippen LogP contribution is 2.47. The Hall–Kier alpha value is -6.62. The van der Waals surface area contributed by atoms with Crippen molar-refractivity contribution in [3.05, 3.63) is 180 Å². The van der Waals surface area contributed by atoms with Crippen molar-refractivity contribution < 1.29 is 0 Å². The molecule has 8 rings (SSSR count). The van der Waals surface area contributed by atoms with Crippen LogP contribution >= 0.6 is 0 Å². The fraction of sp³-hybridized carbons (Fsp3) is 0.0667. The van der Waals surface area contributed by atoms with Gasteiger partial charge in [0, 0.05) is 44.6 Å². The number of rotatable bonds is 6. The highest BCUT2D eigenvalue weighted by atomic mass is 15.0. The third-order valence-electron chi connectivity index (χ3n) is 9.83. The number of aromatic nitrogens is 2. The van der Waals surface area contributed by atoms with Crippen LogP contribution in [0.2, 0.25) is 0 Å². The van der Waals surface area contributed by atoms with Crippen molar-refractivity contribution in [3.8, 4) is 23.5 Å². The molecule has 0 saturated heterocycles. The Kier molecular flexibility index (Phi) is 7.41. The number of hydrogen-bond acceptors (Lipinski definition) is 2. The standard InChI is InChI=1S/C45H32N4/c1-3-4-13-34-30(2)48(41-18-9-5-14-36(34)41)33-25-22-31(23-26-33)35-27-24-32(28-46)40(29-47)45(35)39-17-8-12-21-44(39)49-42-19-10-6-15-37(42)38-16-7-11-20-43(38)49/h3-27,40,45H,1H2,2H3/b13-4-. The quantitative estimate of drug-likeness (QED) is 0.172. The van der Waals surface area contributed by atoms with Crippen molar-refractivity contribution >= 4 is 44.4 Å². The van der Waals surface area contributed by atoms with Crippen LogP contribution in [0.1, 0.15) is 28.3 Å². The summed E-state index contributed by atoms with van der Waals surface area (Å²) in [5.74, 6) is -1.01. The van der Waals surface area contributed by atoms with Gasteiger partial charge in [-0.3, -0.25) is 0 Å². The molecule has 1 aliphatic rings. The van der Waals surface area contributed by atoms with Crippen molar-refractivity contribution in [2.24, 2.45) is 5.92 Å². The Morgan fingerprint density at radius 2 is 1.27 bits per heavy atom. The van der Waals surface area contributed by atoms with Crippen LogP contribution < -0.4 is 0 Å². The number of allylic oxidation sites excluding steroid dienone is 6. The van der Waals surface area contributed by atoms with E-state index >= 15 is 0 Å². The van der Waals surface area contributed by atoms with Crippen LogP contribution in [-0.2, 0) is 0 Å². The Balaban J connectivity index is 1.29. The summed E-state index contributed by atoms with van der Waals surface area (Å²) in [6.07, 6.45) is 9.74. The second-order valence-corrected chi connectivity index (χ2v) is 12.4. The van der Waals surface area contributed by atoms with Gasteiger partial charge in [-0.05, 0) is 66.1 Å². The van der Waals surface area contributed by atoms with Gasteiger partial charge in [0.2, 0.25) is 0 Å². The van der Waals surface area contributed by atoms with Gasteiger partial charge in [0.25, 0.3) is 0 Å². The lowest BCUT2D eigenvalue weighted by molar-refractivity contribution is 0.701. The molecule has 0 radical (unpaired) electrons. The van der Waals surface area contributed by atoms with Crippen LogP contribution in [0.5, 0.6) is 0 Å². The third-order valence-corrected chi connectivity index (χ3v) is 9.83. The highest BCUT2D eigenvalue weighted by Gasteiger charge is 2.35. The van der Waals surface area contributed by atoms with Crippen LogP contribution in [0, 0.1) is 35.5 Å². The zero-order chi connectivity index (χ0) is 33.5. The Morgan fingerprint density at radius 3 is 1.90 bits per heavy atom. The second kappa shape index (κ2) is 12.2. The molecule has 2 aromatic heterocycles. The second-order valence-electron chi connectivity index (χ2n) is 12.4. The Bertz CT molecular complexity index is 2550. The molecule has 0 fully saturated rings. The Labute approximate surface area is 285 Å². The minimum absolute atomic E-state index is 0.364. The fourth-order valence-electron chi connectivity index (χ4n) is 7.66. The zero-order valence-corrected chi connectivity index (χ0v) is 27.1. The molecular formula is C45H32N4. The number of fused-ring (bicyclic) bond motifs is 4. The van der Waals surface area contributed by atoms with Crippen LogP contribution in [0.15, 0.2) is 158 Å². The normalized spacial score (nSPS) is 16.1. The van der Waals surface area contributed by atoms with E-state index in [0.29, 0.717) is 5.57 Å². The van der Waals surface area contributed by atoms with E-state index in [1.54, 1.807) is 6.08 Å². The van der Waals surface area contributed by atoms with E-state index in [0.717, 1.165) is 50.3 Å². The predicted octanol–water partition coefficient (Wildman–Crippen LogP) is 11.0. The first-order chi connectivity index (χ1) is 24.1. The molecule has 0 aliphatic heterocycles. The minimum Gasteiger partial charge on any atom is -0.313 e. The highest BCUT2D eigenvalue weighted by molar-refractivity contribution is 6.09. The van der Waals surface area contributed by atoms with Crippen LogP contribution in [0.4, 0.5) is 0 Å². The summed E-state index contributed by atoms with van der Waals surface area (Å²) < 4.78 is 4.59. The maximum absolute atomic E-state index is 10.7. The van der Waals surface area contributed by atoms with Crippen molar-refractivity contribution in [2.45, 2.75) is 12.8 Å². The zero-order valence-electron chi connectivity index (χ0n) is 27.1. The van der Waals surface area contributed by atoms with Crippen molar-refractivity contribution in [1.82, 2.24) is 9.13 Å². The number of para-hydroxylation sites is 4. The number of hydrogen-bond donors (Lipinski definition) is 0. The van der Waals surface area contributed by atoms with Gasteiger partial charge in [0.1, 0.15) is 0 Å². The summed E-state index contributed by atoms with van der Waals surface area (Å²) in [5.41, 5.74) is 11.2. The first-order valence-electron chi connectivity index (χ1n) is 16.4. The van der Waals surface area contributed by atoms with E-state index < -0.39 is 5.92 Å². The van der Waals surface area contributed by atoms with E-state index in [1.165, 1.54) is 21.7 Å². The number of nitrogens with zero attached hydrogens (tertiary/aromatic N) is 4. The lowest BCUT2D eigenvalue weighted by Gasteiger charge is -2.30. The van der Waals surface area contributed by atoms with Gasteiger partial charge in [-0.2, -0.15) is 10.5 Å². The summed E-state index contributed by atoms with van der Waals surface area (Å²) in [5, 5.41) is 24.3. The predicted molar refractivity (Wildman–Crippen MR) is 202 cm³/mol. The molecule has 7 aromatic rings. The monoisotopic (exact) mass is 628 g/mol. The molecule has 2 unspecified atom stereocenters. The van der Waals surface area contributed by atoms with Gasteiger partial charge in [0.15, 0.2) is 0 Å². The molecule has 4 nitrogen and oxygen atoms in total. The minimum atomic E-state index is -0.645. The maximum Gasteiger partial charge on any atom is 0.0961 e. The van der Waals surface area contributed by atoms with Gasteiger partial charge in [-0.15, -0.1) is 0 Å². The summed E-state index contributed by atoms with van der Waals surface area (Å²) in [6.45, 7) is 6.00. The molecule has 4 heteroatoms. The number of benzene rings is 5. The molecule has 2 heterocycles. The van der Waals surface area contributed by atoms with Gasteiger partial charge in [-0.1, -0.05) is 116 Å². The first-order valence-corrected chi connectivity index (χ1v) is 16.4. The molecule has 0 N–H and O–H groups in total. The average Bonchev–Trinajstić information content (AvgIpc) is 3.64. The topological polar surface area (TPSA) is 57.4 Å². The van der Waals surface area contributed by atoms with Crippen molar-refractivity contribution in [1.29, 1.82) is 10.5 Å². The summed E-state index contributed by atoms with van der Waals surface area (Å²) in [4.78, 5) is 0. The van der Waals surface area contributed by atoms with E-state index in [-0.39, 0.29) is 5.92 Å². The van der Waals surface area contributed by atoms with E-state index in [1.807, 2.05) is 30.4 Å². The van der Waals surface area contributed by atoms with E-state index in [2.05, 4.69) is 150 Å². The average molecular weight is 629 g/mol. The molecule has 1 aliphatic carbocycles. The van der Waals surface area contributed by atoms with Crippen LogP contribution in [-0.4, -0.2) is 9.13 Å². The SMILES string of the molecule is C=C/C=C\c1c(C)n(-c2ccc(C3=CC=C(C#N)C(C#N)C3c3ccccc3-n3c4ccccc4c4ccccc43)cc2)c2ccccc12. The largest absolute Gasteiger partial charge is 0.313 e. The van der Waals surface area contributed by atoms with Crippen molar-refractivity contribution in [2.75, 3.05) is 0 Å². The number of nitriles is 2. The fourth-order valence-corrected chi connectivity index (χ4v) is 7.66. The summed E-state index contributed by atoms with van der Waals surface area (Å²) in [7, 11) is 0. The van der Waals surface area contributed by atoms with E-state index in [9.17, 15) is 10.5 Å². The van der Waals surface area contributed by atoms with E-state index in [4.69, 9.17) is 0 Å². The summed E-state index contributed by atoms with van der Waals surface area (Å²) in [6, 6.07) is 47.1. The van der Waals surface area contributed by atoms with Crippen molar-refractivity contribution in [3.63, 3.8) is 0 Å². The molecule has 0 spiro atoms. The van der Waals surface area contributed by atoms with Gasteiger partial charge in [0.05, 0.1) is 40.3 Å². The molecule has 2 atom stereocenters.